The van der Waals surface area contributed by atoms with Crippen LogP contribution in [0.1, 0.15) is 5.56 Å². The molecule has 0 aliphatic heterocycles. The molecule has 0 saturated heterocycles. The molecule has 0 aliphatic rings. The zero-order chi connectivity index (χ0) is 12.1. The maximum Gasteiger partial charge on any atom is 0.214 e. The normalized spacial score (nSPS) is 10.0. The fourth-order valence-electron chi connectivity index (χ4n) is 1.54. The van der Waals surface area contributed by atoms with Crippen molar-refractivity contribution in [1.29, 1.82) is 0 Å². The van der Waals surface area contributed by atoms with Crippen molar-refractivity contribution in [2.24, 2.45) is 5.73 Å². The molecule has 0 aliphatic carbocycles. The Hall–Kier alpha value is -2.07. The lowest BCUT2D eigenvalue weighted by Gasteiger charge is -2.08. The zero-order valence-electron chi connectivity index (χ0n) is 9.68. The number of methoxy groups -OCH3 is 1. The Morgan fingerprint density at radius 3 is 2.82 bits per heavy atom. The maximum atomic E-state index is 5.60. The van der Waals surface area contributed by atoms with E-state index in [1.54, 1.807) is 13.3 Å². The van der Waals surface area contributed by atoms with Crippen LogP contribution in [0.15, 0.2) is 42.6 Å². The van der Waals surface area contributed by atoms with Gasteiger partial charge in [0.1, 0.15) is 0 Å². The monoisotopic (exact) mass is 229 g/mol. The first-order valence-electron chi connectivity index (χ1n) is 5.38. The average molecular weight is 229 g/mol. The zero-order valence-corrected chi connectivity index (χ0v) is 9.68. The Morgan fingerprint density at radius 2 is 2.06 bits per heavy atom. The summed E-state index contributed by atoms with van der Waals surface area (Å²) in [6.07, 6.45) is 1.70. The molecule has 0 amide bonds. The number of hydrogen-bond acceptors (Lipinski definition) is 4. The van der Waals surface area contributed by atoms with Crippen LogP contribution in [-0.2, 0) is 6.54 Å². The second-order valence-electron chi connectivity index (χ2n) is 3.62. The van der Waals surface area contributed by atoms with Gasteiger partial charge in [0.25, 0.3) is 0 Å². The summed E-state index contributed by atoms with van der Waals surface area (Å²) in [7, 11) is 1.60. The van der Waals surface area contributed by atoms with Crippen molar-refractivity contribution in [1.82, 2.24) is 4.98 Å². The number of pyridine rings is 1. The molecule has 2 aromatic rings. The van der Waals surface area contributed by atoms with Gasteiger partial charge in [-0.1, -0.05) is 12.1 Å². The van der Waals surface area contributed by atoms with Crippen LogP contribution in [0, 0.1) is 0 Å². The average Bonchev–Trinajstić information content (AvgIpc) is 2.39. The standard InChI is InChI=1S/C13H15N3O/c1-17-13-8-12(5-6-15-13)16-11-4-2-3-10(7-11)9-14/h2-8H,9,14H2,1H3,(H,15,16). The molecule has 17 heavy (non-hydrogen) atoms. The van der Waals surface area contributed by atoms with Crippen LogP contribution in [-0.4, -0.2) is 12.1 Å². The van der Waals surface area contributed by atoms with Gasteiger partial charge in [-0.05, 0) is 23.8 Å². The van der Waals surface area contributed by atoms with Gasteiger partial charge in [-0.25, -0.2) is 4.98 Å². The van der Waals surface area contributed by atoms with Crippen LogP contribution in [0.5, 0.6) is 5.88 Å². The summed E-state index contributed by atoms with van der Waals surface area (Å²) < 4.78 is 5.07. The first-order chi connectivity index (χ1) is 8.31. The Kier molecular flexibility index (Phi) is 3.57. The first kappa shape index (κ1) is 11.4. The number of hydrogen-bond donors (Lipinski definition) is 2. The second-order valence-corrected chi connectivity index (χ2v) is 3.62. The molecule has 1 aromatic heterocycles. The Labute approximate surface area is 100 Å². The molecule has 0 saturated carbocycles. The SMILES string of the molecule is COc1cc(Nc2cccc(CN)c2)ccn1. The van der Waals surface area contributed by atoms with Crippen LogP contribution < -0.4 is 15.8 Å². The van der Waals surface area contributed by atoms with Gasteiger partial charge in [-0.15, -0.1) is 0 Å². The summed E-state index contributed by atoms with van der Waals surface area (Å²) in [6, 6.07) is 11.7. The van der Waals surface area contributed by atoms with E-state index in [9.17, 15) is 0 Å². The summed E-state index contributed by atoms with van der Waals surface area (Å²) in [5.74, 6) is 0.588. The van der Waals surface area contributed by atoms with Crippen molar-refractivity contribution >= 4 is 11.4 Å². The van der Waals surface area contributed by atoms with E-state index in [1.807, 2.05) is 36.4 Å². The highest BCUT2D eigenvalue weighted by Crippen LogP contribution is 2.19. The molecule has 1 aromatic carbocycles. The minimum atomic E-state index is 0.537. The van der Waals surface area contributed by atoms with Crippen molar-refractivity contribution in [2.75, 3.05) is 12.4 Å². The van der Waals surface area contributed by atoms with E-state index in [2.05, 4.69) is 10.3 Å². The lowest BCUT2D eigenvalue weighted by Crippen LogP contribution is -1.98. The third kappa shape index (κ3) is 2.95. The molecule has 4 heteroatoms. The summed E-state index contributed by atoms with van der Waals surface area (Å²) >= 11 is 0. The molecule has 0 spiro atoms. The smallest absolute Gasteiger partial charge is 0.214 e. The van der Waals surface area contributed by atoms with E-state index in [-0.39, 0.29) is 0 Å². The molecule has 3 N–H and O–H groups in total. The van der Waals surface area contributed by atoms with E-state index < -0.39 is 0 Å². The molecule has 2 rings (SSSR count). The van der Waals surface area contributed by atoms with Gasteiger partial charge in [-0.3, -0.25) is 0 Å². The second kappa shape index (κ2) is 5.32. The lowest BCUT2D eigenvalue weighted by atomic mass is 10.2. The summed E-state index contributed by atoms with van der Waals surface area (Å²) in [4.78, 5) is 4.05. The minimum Gasteiger partial charge on any atom is -0.481 e. The summed E-state index contributed by atoms with van der Waals surface area (Å²) in [5, 5.41) is 3.28. The quantitative estimate of drug-likeness (QED) is 0.844. The summed E-state index contributed by atoms with van der Waals surface area (Å²) in [6.45, 7) is 0.537. The van der Waals surface area contributed by atoms with Gasteiger partial charge in [0.2, 0.25) is 5.88 Å². The number of nitrogens with one attached hydrogen (secondary N) is 1. The summed E-state index contributed by atoms with van der Waals surface area (Å²) in [5.41, 5.74) is 8.63. The predicted molar refractivity (Wildman–Crippen MR) is 68.4 cm³/mol. The van der Waals surface area contributed by atoms with Crippen molar-refractivity contribution in [2.45, 2.75) is 6.54 Å². The topological polar surface area (TPSA) is 60.2 Å². The van der Waals surface area contributed by atoms with Gasteiger partial charge in [0.15, 0.2) is 0 Å². The first-order valence-corrected chi connectivity index (χ1v) is 5.38. The van der Waals surface area contributed by atoms with Gasteiger partial charge in [0.05, 0.1) is 7.11 Å². The molecule has 88 valence electrons. The van der Waals surface area contributed by atoms with Gasteiger partial charge in [0, 0.05) is 30.2 Å². The minimum absolute atomic E-state index is 0.537. The third-order valence-electron chi connectivity index (χ3n) is 2.40. The molecule has 0 unspecified atom stereocenters. The maximum absolute atomic E-state index is 5.60. The van der Waals surface area contributed by atoms with E-state index in [1.165, 1.54) is 0 Å². The van der Waals surface area contributed by atoms with Crippen molar-refractivity contribution in [3.63, 3.8) is 0 Å². The van der Waals surface area contributed by atoms with E-state index in [0.29, 0.717) is 12.4 Å². The predicted octanol–water partition coefficient (Wildman–Crippen LogP) is 2.29. The van der Waals surface area contributed by atoms with Gasteiger partial charge < -0.3 is 15.8 Å². The highest BCUT2D eigenvalue weighted by molar-refractivity contribution is 5.60. The number of aromatic nitrogens is 1. The molecular weight excluding hydrogens is 214 g/mol. The molecule has 0 radical (unpaired) electrons. The highest BCUT2D eigenvalue weighted by atomic mass is 16.5. The van der Waals surface area contributed by atoms with Gasteiger partial charge >= 0.3 is 0 Å². The lowest BCUT2D eigenvalue weighted by molar-refractivity contribution is 0.398. The number of benzene rings is 1. The largest absolute Gasteiger partial charge is 0.481 e. The van der Waals surface area contributed by atoms with Crippen molar-refractivity contribution in [3.8, 4) is 5.88 Å². The Morgan fingerprint density at radius 1 is 1.24 bits per heavy atom. The van der Waals surface area contributed by atoms with Gasteiger partial charge in [-0.2, -0.15) is 0 Å². The van der Waals surface area contributed by atoms with E-state index in [0.717, 1.165) is 16.9 Å². The van der Waals surface area contributed by atoms with Crippen molar-refractivity contribution in [3.05, 3.63) is 48.2 Å². The molecule has 1 heterocycles. The van der Waals surface area contributed by atoms with Crippen LogP contribution in [0.2, 0.25) is 0 Å². The van der Waals surface area contributed by atoms with Crippen LogP contribution in [0.4, 0.5) is 11.4 Å². The number of nitrogens with two attached hydrogens (primary N) is 1. The Balaban J connectivity index is 2.18. The molecular formula is C13H15N3O. The number of nitrogens with zero attached hydrogens (tertiary/aromatic N) is 1. The van der Waals surface area contributed by atoms with Crippen LogP contribution in [0.3, 0.4) is 0 Å². The number of anilines is 2. The van der Waals surface area contributed by atoms with E-state index >= 15 is 0 Å². The van der Waals surface area contributed by atoms with Crippen LogP contribution >= 0.6 is 0 Å². The molecule has 4 nitrogen and oxygen atoms in total. The van der Waals surface area contributed by atoms with Crippen molar-refractivity contribution < 1.29 is 4.74 Å². The molecule has 0 bridgehead atoms. The highest BCUT2D eigenvalue weighted by Gasteiger charge is 1.98. The number of rotatable bonds is 4. The third-order valence-corrected chi connectivity index (χ3v) is 2.40. The molecule has 0 atom stereocenters. The Bertz CT molecular complexity index is 454. The van der Waals surface area contributed by atoms with E-state index in [4.69, 9.17) is 10.5 Å². The fraction of sp³-hybridized carbons (Fsp3) is 0.154. The van der Waals surface area contributed by atoms with Crippen LogP contribution in [0.25, 0.3) is 0 Å². The fourth-order valence-corrected chi connectivity index (χ4v) is 1.54. The number of ether oxygens (including phenoxy) is 1. The molecule has 0 fully saturated rings.